The van der Waals surface area contributed by atoms with Crippen LogP contribution < -0.4 is 0 Å². The van der Waals surface area contributed by atoms with Gasteiger partial charge in [-0.2, -0.15) is 0 Å². The monoisotopic (exact) mass is 299 g/mol. The van der Waals surface area contributed by atoms with Gasteiger partial charge in [0.1, 0.15) is 5.75 Å². The summed E-state index contributed by atoms with van der Waals surface area (Å²) in [5, 5.41) is 13.8. The molecule has 4 aromatic rings. The number of phenols is 1. The number of aromatic hydroxyl groups is 1. The molecule has 0 aliphatic carbocycles. The molecule has 1 N–H and O–H groups in total. The zero-order valence-electron chi connectivity index (χ0n) is 13.0. The minimum atomic E-state index is 0.342. The summed E-state index contributed by atoms with van der Waals surface area (Å²) in [6.07, 6.45) is 2.49. The van der Waals surface area contributed by atoms with Gasteiger partial charge < -0.3 is 5.11 Å². The number of benzene rings is 3. The Morgan fingerprint density at radius 3 is 2.65 bits per heavy atom. The SMILES string of the molecule is Cc1cc(Cc2c(O)ccc3ccccc23)c2ncccc2c1. The molecule has 112 valence electrons. The number of aromatic nitrogens is 1. The van der Waals surface area contributed by atoms with Crippen molar-refractivity contribution in [2.75, 3.05) is 0 Å². The van der Waals surface area contributed by atoms with Gasteiger partial charge >= 0.3 is 0 Å². The molecule has 3 aromatic carbocycles. The number of hydrogen-bond donors (Lipinski definition) is 1. The number of hydrogen-bond acceptors (Lipinski definition) is 2. The predicted octanol–water partition coefficient (Wildman–Crippen LogP) is 4.99. The van der Waals surface area contributed by atoms with Gasteiger partial charge in [-0.3, -0.25) is 4.98 Å². The summed E-state index contributed by atoms with van der Waals surface area (Å²) in [6.45, 7) is 2.10. The Kier molecular flexibility index (Phi) is 3.23. The van der Waals surface area contributed by atoms with E-state index in [1.807, 2.05) is 30.5 Å². The lowest BCUT2D eigenvalue weighted by Crippen LogP contribution is -1.95. The number of pyridine rings is 1. The summed E-state index contributed by atoms with van der Waals surface area (Å²) in [7, 11) is 0. The molecule has 0 radical (unpaired) electrons. The second kappa shape index (κ2) is 5.40. The lowest BCUT2D eigenvalue weighted by molar-refractivity contribution is 0.470. The van der Waals surface area contributed by atoms with E-state index in [2.05, 4.69) is 42.2 Å². The summed E-state index contributed by atoms with van der Waals surface area (Å²) in [6, 6.07) is 20.3. The maximum absolute atomic E-state index is 10.4. The number of aryl methyl sites for hydroxylation is 1. The first-order valence-corrected chi connectivity index (χ1v) is 7.76. The first-order valence-electron chi connectivity index (χ1n) is 7.76. The molecule has 0 unspecified atom stereocenters. The van der Waals surface area contributed by atoms with Crippen molar-refractivity contribution in [2.24, 2.45) is 0 Å². The van der Waals surface area contributed by atoms with Crippen LogP contribution in [0.1, 0.15) is 16.7 Å². The lowest BCUT2D eigenvalue weighted by Gasteiger charge is -2.12. The molecule has 1 aromatic heterocycles. The summed E-state index contributed by atoms with van der Waals surface area (Å²) in [5.41, 5.74) is 4.32. The molecule has 0 atom stereocenters. The van der Waals surface area contributed by atoms with Gasteiger partial charge in [-0.05, 0) is 41.5 Å². The smallest absolute Gasteiger partial charge is 0.119 e. The molecule has 0 fully saturated rings. The van der Waals surface area contributed by atoms with Gasteiger partial charge in [0.2, 0.25) is 0 Å². The molecule has 0 saturated heterocycles. The van der Waals surface area contributed by atoms with Crippen LogP contribution in [0.5, 0.6) is 5.75 Å². The van der Waals surface area contributed by atoms with Crippen LogP contribution in [0.25, 0.3) is 21.7 Å². The molecule has 0 aliphatic heterocycles. The Balaban J connectivity index is 1.94. The molecular weight excluding hydrogens is 282 g/mol. The van der Waals surface area contributed by atoms with Crippen molar-refractivity contribution >= 4 is 21.7 Å². The summed E-state index contributed by atoms with van der Waals surface area (Å²) >= 11 is 0. The van der Waals surface area contributed by atoms with Crippen molar-refractivity contribution in [2.45, 2.75) is 13.3 Å². The molecule has 0 amide bonds. The zero-order valence-corrected chi connectivity index (χ0v) is 13.0. The molecule has 0 spiro atoms. The van der Waals surface area contributed by atoms with Crippen LogP contribution in [-0.2, 0) is 6.42 Å². The summed E-state index contributed by atoms with van der Waals surface area (Å²) in [4.78, 5) is 4.55. The standard InChI is InChI=1S/C21H17NO/c1-14-11-16-6-4-10-22-21(16)17(12-14)13-19-18-7-3-2-5-15(18)8-9-20(19)23/h2-12,23H,13H2,1H3. The van der Waals surface area contributed by atoms with E-state index in [9.17, 15) is 5.11 Å². The number of nitrogens with zero attached hydrogens (tertiary/aromatic N) is 1. The molecule has 0 bridgehead atoms. The Morgan fingerprint density at radius 1 is 0.913 bits per heavy atom. The zero-order chi connectivity index (χ0) is 15.8. The fourth-order valence-electron chi connectivity index (χ4n) is 3.27. The summed E-state index contributed by atoms with van der Waals surface area (Å²) in [5.74, 6) is 0.342. The minimum absolute atomic E-state index is 0.342. The van der Waals surface area contributed by atoms with Gasteiger partial charge in [-0.15, -0.1) is 0 Å². The van der Waals surface area contributed by atoms with E-state index in [1.165, 1.54) is 5.56 Å². The molecule has 23 heavy (non-hydrogen) atoms. The fourth-order valence-corrected chi connectivity index (χ4v) is 3.27. The summed E-state index contributed by atoms with van der Waals surface area (Å²) < 4.78 is 0. The van der Waals surface area contributed by atoms with Gasteiger partial charge in [0.15, 0.2) is 0 Å². The van der Waals surface area contributed by atoms with Crippen molar-refractivity contribution < 1.29 is 5.11 Å². The van der Waals surface area contributed by atoms with Crippen LogP contribution in [0.3, 0.4) is 0 Å². The first kappa shape index (κ1) is 13.8. The molecule has 2 nitrogen and oxygen atoms in total. The third kappa shape index (κ3) is 2.42. The van der Waals surface area contributed by atoms with E-state index < -0.39 is 0 Å². The number of fused-ring (bicyclic) bond motifs is 2. The quantitative estimate of drug-likeness (QED) is 0.565. The molecule has 4 rings (SSSR count). The van der Waals surface area contributed by atoms with Crippen LogP contribution >= 0.6 is 0 Å². The topological polar surface area (TPSA) is 33.1 Å². The molecule has 1 heterocycles. The first-order chi connectivity index (χ1) is 11.2. The molecule has 0 aliphatic rings. The van der Waals surface area contributed by atoms with Crippen LogP contribution in [0.2, 0.25) is 0 Å². The normalized spacial score (nSPS) is 11.2. The Bertz CT molecular complexity index is 1020. The molecular formula is C21H17NO. The van der Waals surface area contributed by atoms with E-state index in [4.69, 9.17) is 0 Å². The third-order valence-electron chi connectivity index (χ3n) is 4.31. The third-order valence-corrected chi connectivity index (χ3v) is 4.31. The molecule has 0 saturated carbocycles. The largest absolute Gasteiger partial charge is 0.508 e. The molecule has 2 heteroatoms. The lowest BCUT2D eigenvalue weighted by atomic mass is 9.95. The Labute approximate surface area is 135 Å². The van der Waals surface area contributed by atoms with Crippen LogP contribution in [0.4, 0.5) is 0 Å². The highest BCUT2D eigenvalue weighted by Crippen LogP contribution is 2.31. The van der Waals surface area contributed by atoms with Gasteiger partial charge in [-0.25, -0.2) is 0 Å². The highest BCUT2D eigenvalue weighted by Gasteiger charge is 2.11. The maximum atomic E-state index is 10.4. The van der Waals surface area contributed by atoms with Crippen molar-refractivity contribution in [3.8, 4) is 5.75 Å². The Morgan fingerprint density at radius 2 is 1.74 bits per heavy atom. The highest BCUT2D eigenvalue weighted by molar-refractivity contribution is 5.89. The average Bonchev–Trinajstić information content (AvgIpc) is 2.57. The van der Waals surface area contributed by atoms with E-state index >= 15 is 0 Å². The van der Waals surface area contributed by atoms with E-state index in [0.717, 1.165) is 32.8 Å². The van der Waals surface area contributed by atoms with Gasteiger partial charge in [0.25, 0.3) is 0 Å². The second-order valence-electron chi connectivity index (χ2n) is 5.96. The van der Waals surface area contributed by atoms with Crippen molar-refractivity contribution in [1.29, 1.82) is 0 Å². The van der Waals surface area contributed by atoms with Gasteiger partial charge in [0, 0.05) is 23.6 Å². The minimum Gasteiger partial charge on any atom is -0.508 e. The highest BCUT2D eigenvalue weighted by atomic mass is 16.3. The van der Waals surface area contributed by atoms with Crippen molar-refractivity contribution in [1.82, 2.24) is 4.98 Å². The average molecular weight is 299 g/mol. The number of rotatable bonds is 2. The van der Waals surface area contributed by atoms with Crippen molar-refractivity contribution in [3.63, 3.8) is 0 Å². The van der Waals surface area contributed by atoms with E-state index in [-0.39, 0.29) is 0 Å². The van der Waals surface area contributed by atoms with Gasteiger partial charge in [0.05, 0.1) is 5.52 Å². The fraction of sp³-hybridized carbons (Fsp3) is 0.0952. The van der Waals surface area contributed by atoms with Crippen LogP contribution in [-0.4, -0.2) is 10.1 Å². The van der Waals surface area contributed by atoms with E-state index in [0.29, 0.717) is 12.2 Å². The van der Waals surface area contributed by atoms with Crippen LogP contribution in [0, 0.1) is 6.92 Å². The second-order valence-corrected chi connectivity index (χ2v) is 5.96. The van der Waals surface area contributed by atoms with Crippen molar-refractivity contribution in [3.05, 3.63) is 83.6 Å². The Hall–Kier alpha value is -2.87. The van der Waals surface area contributed by atoms with E-state index in [1.54, 1.807) is 6.07 Å². The van der Waals surface area contributed by atoms with Crippen LogP contribution in [0.15, 0.2) is 66.9 Å². The number of phenolic OH excluding ortho intramolecular Hbond substituents is 1. The maximum Gasteiger partial charge on any atom is 0.119 e. The predicted molar refractivity (Wildman–Crippen MR) is 94.9 cm³/mol. The van der Waals surface area contributed by atoms with Gasteiger partial charge in [-0.1, -0.05) is 48.0 Å².